The first kappa shape index (κ1) is 10.1. The van der Waals surface area contributed by atoms with Crippen LogP contribution in [0.5, 0.6) is 0 Å². The third-order valence-electron chi connectivity index (χ3n) is 1.79. The highest BCUT2D eigenvalue weighted by Crippen LogP contribution is 2.23. The molecule has 0 aliphatic carbocycles. The molecule has 1 heterocycles. The number of hydrogen-bond donors (Lipinski definition) is 0. The van der Waals surface area contributed by atoms with Crippen LogP contribution in [0.2, 0.25) is 0 Å². The van der Waals surface area contributed by atoms with Crippen molar-refractivity contribution in [2.45, 2.75) is 18.6 Å². The topological polar surface area (TPSA) is 37.4 Å². The molecule has 0 N–H and O–H groups in total. The zero-order valence-electron chi connectivity index (χ0n) is 7.45. The fraction of sp³-hybridized carbons (Fsp3) is 0.556. The second kappa shape index (κ2) is 4.33. The van der Waals surface area contributed by atoms with E-state index >= 15 is 0 Å². The second-order valence-electron chi connectivity index (χ2n) is 2.91. The number of thioether (sulfide) groups is 1. The number of likely N-dealkylation sites (tertiary alicyclic amines) is 1. The van der Waals surface area contributed by atoms with Gasteiger partial charge in [0.2, 0.25) is 5.91 Å². The van der Waals surface area contributed by atoms with E-state index in [2.05, 4.69) is 5.92 Å². The van der Waals surface area contributed by atoms with Crippen LogP contribution in [-0.4, -0.2) is 34.3 Å². The molecule has 0 bridgehead atoms. The highest BCUT2D eigenvalue weighted by atomic mass is 32.2. The first-order valence-corrected chi connectivity index (χ1v) is 4.90. The second-order valence-corrected chi connectivity index (χ2v) is 4.39. The molecule has 0 aromatic rings. The van der Waals surface area contributed by atoms with Crippen LogP contribution in [0.15, 0.2) is 0 Å². The number of nitrogens with zero attached hydrogens (tertiary/aromatic N) is 1. The van der Waals surface area contributed by atoms with E-state index in [4.69, 9.17) is 6.42 Å². The van der Waals surface area contributed by atoms with Crippen LogP contribution in [0.3, 0.4) is 0 Å². The summed E-state index contributed by atoms with van der Waals surface area (Å²) in [6.07, 6.45) is 5.54. The van der Waals surface area contributed by atoms with Crippen LogP contribution >= 0.6 is 11.8 Å². The Morgan fingerprint density at radius 2 is 2.54 bits per heavy atom. The predicted molar refractivity (Wildman–Crippen MR) is 52.1 cm³/mol. The van der Waals surface area contributed by atoms with Crippen LogP contribution in [0.1, 0.15) is 13.3 Å². The maximum Gasteiger partial charge on any atom is 0.224 e. The van der Waals surface area contributed by atoms with Gasteiger partial charge in [0.15, 0.2) is 5.12 Å². The van der Waals surface area contributed by atoms with Crippen molar-refractivity contribution < 1.29 is 9.59 Å². The first-order chi connectivity index (χ1) is 6.13. The summed E-state index contributed by atoms with van der Waals surface area (Å²) in [7, 11) is 0. The molecule has 1 amide bonds. The summed E-state index contributed by atoms with van der Waals surface area (Å²) in [5.74, 6) is 2.48. The summed E-state index contributed by atoms with van der Waals surface area (Å²) in [4.78, 5) is 23.6. The summed E-state index contributed by atoms with van der Waals surface area (Å²) in [5.41, 5.74) is 0. The van der Waals surface area contributed by atoms with Crippen molar-refractivity contribution in [1.29, 1.82) is 0 Å². The van der Waals surface area contributed by atoms with E-state index in [0.29, 0.717) is 19.5 Å². The van der Waals surface area contributed by atoms with Gasteiger partial charge in [-0.25, -0.2) is 0 Å². The van der Waals surface area contributed by atoms with E-state index in [1.165, 1.54) is 18.7 Å². The summed E-state index contributed by atoms with van der Waals surface area (Å²) in [6, 6.07) is 0. The molecule has 1 aliphatic rings. The molecular formula is C9H11NO2S. The van der Waals surface area contributed by atoms with Gasteiger partial charge >= 0.3 is 0 Å². The van der Waals surface area contributed by atoms with Gasteiger partial charge in [0.05, 0.1) is 6.54 Å². The lowest BCUT2D eigenvalue weighted by atomic mass is 10.4. The highest BCUT2D eigenvalue weighted by molar-refractivity contribution is 8.14. The van der Waals surface area contributed by atoms with Crippen molar-refractivity contribution >= 4 is 22.8 Å². The minimum atomic E-state index is 0.0525. The minimum Gasteiger partial charge on any atom is -0.330 e. The predicted octanol–water partition coefficient (Wildman–Crippen LogP) is 0.500. The van der Waals surface area contributed by atoms with Gasteiger partial charge in [-0.2, -0.15) is 0 Å². The monoisotopic (exact) mass is 197 g/mol. The van der Waals surface area contributed by atoms with E-state index in [1.54, 1.807) is 4.90 Å². The zero-order chi connectivity index (χ0) is 9.84. The highest BCUT2D eigenvalue weighted by Gasteiger charge is 2.29. The van der Waals surface area contributed by atoms with E-state index in [1.807, 2.05) is 0 Å². The molecule has 1 rings (SSSR count). The Bertz CT molecular complexity index is 269. The lowest BCUT2D eigenvalue weighted by Crippen LogP contribution is -2.25. The Morgan fingerprint density at radius 1 is 1.85 bits per heavy atom. The van der Waals surface area contributed by atoms with E-state index in [-0.39, 0.29) is 16.3 Å². The molecule has 1 fully saturated rings. The van der Waals surface area contributed by atoms with Crippen molar-refractivity contribution in [2.75, 3.05) is 13.1 Å². The van der Waals surface area contributed by atoms with Crippen LogP contribution in [0.4, 0.5) is 0 Å². The molecule has 13 heavy (non-hydrogen) atoms. The molecular weight excluding hydrogens is 186 g/mol. The van der Waals surface area contributed by atoms with Gasteiger partial charge in [-0.1, -0.05) is 17.7 Å². The van der Waals surface area contributed by atoms with E-state index in [9.17, 15) is 9.59 Å². The lowest BCUT2D eigenvalue weighted by molar-refractivity contribution is -0.127. The van der Waals surface area contributed by atoms with Crippen molar-refractivity contribution in [2.24, 2.45) is 0 Å². The van der Waals surface area contributed by atoms with Gasteiger partial charge in [0, 0.05) is 25.1 Å². The van der Waals surface area contributed by atoms with Gasteiger partial charge < -0.3 is 4.90 Å². The molecule has 0 aromatic carbocycles. The fourth-order valence-corrected chi connectivity index (χ4v) is 2.26. The van der Waals surface area contributed by atoms with Gasteiger partial charge in [-0.3, -0.25) is 9.59 Å². The Labute approximate surface area is 81.9 Å². The van der Waals surface area contributed by atoms with Crippen LogP contribution in [-0.2, 0) is 9.59 Å². The minimum absolute atomic E-state index is 0.0525. The van der Waals surface area contributed by atoms with Crippen LogP contribution in [0, 0.1) is 12.3 Å². The molecule has 0 saturated carbocycles. The number of rotatable bonds is 2. The Hall–Kier alpha value is -0.950. The average molecular weight is 197 g/mol. The lowest BCUT2D eigenvalue weighted by Gasteiger charge is -2.11. The third kappa shape index (κ3) is 2.78. The summed E-state index contributed by atoms with van der Waals surface area (Å²) >= 11 is 1.23. The first-order valence-electron chi connectivity index (χ1n) is 4.02. The molecule has 1 unspecified atom stereocenters. The molecule has 0 aromatic heterocycles. The molecule has 1 atom stereocenters. The smallest absolute Gasteiger partial charge is 0.224 e. The van der Waals surface area contributed by atoms with Crippen LogP contribution in [0.25, 0.3) is 0 Å². The summed E-state index contributed by atoms with van der Waals surface area (Å²) < 4.78 is 0. The largest absolute Gasteiger partial charge is 0.330 e. The maximum absolute atomic E-state index is 11.3. The normalized spacial score (nSPS) is 21.7. The summed E-state index contributed by atoms with van der Waals surface area (Å²) in [6.45, 7) is 2.47. The molecule has 0 radical (unpaired) electrons. The molecule has 0 spiro atoms. The Balaban J connectivity index is 2.46. The van der Waals surface area contributed by atoms with Crippen molar-refractivity contribution in [1.82, 2.24) is 4.90 Å². The molecule has 70 valence electrons. The molecule has 1 saturated heterocycles. The van der Waals surface area contributed by atoms with Crippen LogP contribution < -0.4 is 0 Å². The molecule has 1 aliphatic heterocycles. The van der Waals surface area contributed by atoms with Crippen molar-refractivity contribution in [3.05, 3.63) is 0 Å². The van der Waals surface area contributed by atoms with Crippen molar-refractivity contribution in [3.63, 3.8) is 0 Å². The number of carbonyl (C=O) groups excluding carboxylic acids is 2. The SMILES string of the molecule is C#CCN1CC(SC(C)=O)CC1=O. The van der Waals surface area contributed by atoms with E-state index in [0.717, 1.165) is 0 Å². The quantitative estimate of drug-likeness (QED) is 0.605. The van der Waals surface area contributed by atoms with Gasteiger partial charge in [0.1, 0.15) is 0 Å². The maximum atomic E-state index is 11.3. The fourth-order valence-electron chi connectivity index (χ4n) is 1.31. The van der Waals surface area contributed by atoms with E-state index < -0.39 is 0 Å². The van der Waals surface area contributed by atoms with Crippen molar-refractivity contribution in [3.8, 4) is 12.3 Å². The number of terminal acetylenes is 1. The summed E-state index contributed by atoms with van der Waals surface area (Å²) in [5, 5.41) is 0.152. The Morgan fingerprint density at radius 3 is 3.08 bits per heavy atom. The van der Waals surface area contributed by atoms with Gasteiger partial charge in [-0.15, -0.1) is 6.42 Å². The number of hydrogen-bond acceptors (Lipinski definition) is 3. The van der Waals surface area contributed by atoms with Gasteiger partial charge in [-0.05, 0) is 0 Å². The average Bonchev–Trinajstić information content (AvgIpc) is 2.31. The zero-order valence-corrected chi connectivity index (χ0v) is 8.26. The Kier molecular flexibility index (Phi) is 3.38. The molecule has 4 heteroatoms. The third-order valence-corrected chi connectivity index (χ3v) is 2.77. The molecule has 3 nitrogen and oxygen atoms in total. The standard InChI is InChI=1S/C9H11NO2S/c1-3-4-10-6-8(5-9(10)12)13-7(2)11/h1,8H,4-6H2,2H3. The number of carbonyl (C=O) groups is 2. The van der Waals surface area contributed by atoms with Gasteiger partial charge in [0.25, 0.3) is 0 Å². The number of amides is 1.